The summed E-state index contributed by atoms with van der Waals surface area (Å²) in [7, 11) is 0. The van der Waals surface area contributed by atoms with Gasteiger partial charge in [-0.25, -0.2) is 9.18 Å². The summed E-state index contributed by atoms with van der Waals surface area (Å²) in [4.78, 5) is 17.3. The summed E-state index contributed by atoms with van der Waals surface area (Å²) in [6.45, 7) is 0. The number of benzene rings is 2. The van der Waals surface area contributed by atoms with Gasteiger partial charge in [-0.3, -0.25) is 4.98 Å². The van der Waals surface area contributed by atoms with Crippen molar-refractivity contribution in [2.45, 2.75) is 12.1 Å². The third kappa shape index (κ3) is 3.85. The minimum absolute atomic E-state index is 0.191. The molecule has 1 aliphatic heterocycles. The first kappa shape index (κ1) is 20.8. The number of rotatable bonds is 5. The van der Waals surface area contributed by atoms with Gasteiger partial charge in [0.1, 0.15) is 23.4 Å². The van der Waals surface area contributed by atoms with E-state index in [-0.39, 0.29) is 11.6 Å². The molecule has 33 heavy (non-hydrogen) atoms. The highest BCUT2D eigenvalue weighted by molar-refractivity contribution is 7.80. The topological polar surface area (TPSA) is 78.6 Å². The zero-order chi connectivity index (χ0) is 22.9. The highest BCUT2D eigenvalue weighted by Crippen LogP contribution is 2.43. The Morgan fingerprint density at radius 1 is 1.03 bits per heavy atom. The molecular formula is C25H18FN3O3S. The molecule has 0 unspecified atom stereocenters. The minimum Gasteiger partial charge on any atom is -0.478 e. The van der Waals surface area contributed by atoms with Gasteiger partial charge in [0.15, 0.2) is 5.11 Å². The number of hydrogen-bond acceptors (Lipinski definition) is 4. The van der Waals surface area contributed by atoms with Gasteiger partial charge in [-0.05, 0) is 60.7 Å². The van der Waals surface area contributed by atoms with E-state index in [0.29, 0.717) is 22.3 Å². The van der Waals surface area contributed by atoms with Gasteiger partial charge in [-0.15, -0.1) is 0 Å². The van der Waals surface area contributed by atoms with Gasteiger partial charge < -0.3 is 19.7 Å². The zero-order valence-electron chi connectivity index (χ0n) is 17.2. The molecule has 164 valence electrons. The predicted octanol–water partition coefficient (Wildman–Crippen LogP) is 5.36. The third-order valence-corrected chi connectivity index (χ3v) is 5.86. The molecule has 1 aliphatic rings. The molecule has 2 atom stereocenters. The molecule has 0 amide bonds. The summed E-state index contributed by atoms with van der Waals surface area (Å²) in [6, 6.07) is 21.2. The second kappa shape index (κ2) is 8.48. The number of carboxylic acids is 1. The number of nitrogens with one attached hydrogen (secondary N) is 1. The van der Waals surface area contributed by atoms with Crippen LogP contribution in [0.4, 0.5) is 10.1 Å². The first-order valence-corrected chi connectivity index (χ1v) is 10.6. The largest absolute Gasteiger partial charge is 0.478 e. The Morgan fingerprint density at radius 2 is 1.79 bits per heavy atom. The molecule has 3 heterocycles. The fraction of sp³-hybridized carbons (Fsp3) is 0.0800. The maximum atomic E-state index is 14.8. The third-order valence-electron chi connectivity index (χ3n) is 5.54. The van der Waals surface area contributed by atoms with Crippen LogP contribution in [-0.2, 0) is 0 Å². The quantitative estimate of drug-likeness (QED) is 0.389. The van der Waals surface area contributed by atoms with Crippen LogP contribution < -0.4 is 10.2 Å². The molecule has 0 spiro atoms. The zero-order valence-corrected chi connectivity index (χ0v) is 18.0. The lowest BCUT2D eigenvalue weighted by atomic mass is 10.0. The van der Waals surface area contributed by atoms with Gasteiger partial charge in [-0.2, -0.15) is 0 Å². The Bertz CT molecular complexity index is 1320. The van der Waals surface area contributed by atoms with Crippen LogP contribution in [0.5, 0.6) is 0 Å². The Hall–Kier alpha value is -4.04. The van der Waals surface area contributed by atoms with Crippen LogP contribution >= 0.6 is 12.2 Å². The number of aromatic carboxylic acids is 1. The average molecular weight is 460 g/mol. The maximum Gasteiger partial charge on any atom is 0.335 e. The van der Waals surface area contributed by atoms with E-state index in [0.717, 1.165) is 11.3 Å². The van der Waals surface area contributed by atoms with Crippen molar-refractivity contribution in [3.8, 4) is 11.3 Å². The van der Waals surface area contributed by atoms with E-state index in [9.17, 15) is 9.18 Å². The number of furan rings is 1. The number of para-hydroxylation sites is 1. The second-order valence-electron chi connectivity index (χ2n) is 7.53. The summed E-state index contributed by atoms with van der Waals surface area (Å²) < 4.78 is 21.0. The number of halogens is 1. The Balaban J connectivity index is 1.58. The van der Waals surface area contributed by atoms with E-state index >= 15 is 0 Å². The lowest BCUT2D eigenvalue weighted by Crippen LogP contribution is -2.30. The standard InChI is InChI=1S/C25H18FN3O3S/c26-17-5-1-2-7-19(17)29-23(22(28-25(29)33)18-6-3-4-14-27-18)21-13-12-20(32-21)15-8-10-16(11-9-15)24(30)31/h1-14,22-23H,(H,28,33)(H,30,31)/t22-,23-/m1/s1. The summed E-state index contributed by atoms with van der Waals surface area (Å²) >= 11 is 5.60. The lowest BCUT2D eigenvalue weighted by molar-refractivity contribution is 0.0697. The SMILES string of the molecule is O=C(O)c1ccc(-c2ccc([C@@H]3[C@@H](c4ccccn4)NC(=S)N3c3ccccc3F)o2)cc1. The molecule has 5 rings (SSSR count). The predicted molar refractivity (Wildman–Crippen MR) is 125 cm³/mol. The highest BCUT2D eigenvalue weighted by atomic mass is 32.1. The molecule has 0 saturated carbocycles. The fourth-order valence-electron chi connectivity index (χ4n) is 3.99. The molecule has 0 aliphatic carbocycles. The van der Waals surface area contributed by atoms with Crippen molar-refractivity contribution in [1.29, 1.82) is 0 Å². The molecule has 0 bridgehead atoms. The monoisotopic (exact) mass is 459 g/mol. The number of nitrogens with zero attached hydrogens (tertiary/aromatic N) is 2. The van der Waals surface area contributed by atoms with Crippen molar-refractivity contribution in [2.24, 2.45) is 0 Å². The van der Waals surface area contributed by atoms with Crippen molar-refractivity contribution < 1.29 is 18.7 Å². The van der Waals surface area contributed by atoms with Crippen LogP contribution in [0.25, 0.3) is 11.3 Å². The van der Waals surface area contributed by atoms with Crippen molar-refractivity contribution in [3.05, 3.63) is 108 Å². The molecular weight excluding hydrogens is 441 g/mol. The maximum absolute atomic E-state index is 14.8. The van der Waals surface area contributed by atoms with Gasteiger partial charge in [0.25, 0.3) is 0 Å². The van der Waals surface area contributed by atoms with Crippen LogP contribution in [-0.4, -0.2) is 21.2 Å². The van der Waals surface area contributed by atoms with Gasteiger partial charge in [0.05, 0.1) is 23.0 Å². The lowest BCUT2D eigenvalue weighted by Gasteiger charge is -2.26. The first-order chi connectivity index (χ1) is 16.0. The van der Waals surface area contributed by atoms with Crippen LogP contribution in [0.15, 0.2) is 89.5 Å². The van der Waals surface area contributed by atoms with Gasteiger partial charge in [-0.1, -0.05) is 30.3 Å². The van der Waals surface area contributed by atoms with Crippen LogP contribution in [0.1, 0.15) is 33.9 Å². The van der Waals surface area contributed by atoms with E-state index in [1.165, 1.54) is 18.2 Å². The molecule has 0 radical (unpaired) electrons. The first-order valence-electron chi connectivity index (χ1n) is 10.2. The minimum atomic E-state index is -0.994. The average Bonchev–Trinajstić information content (AvgIpc) is 3.45. The summed E-state index contributed by atoms with van der Waals surface area (Å²) in [5.41, 5.74) is 2.00. The van der Waals surface area contributed by atoms with Crippen molar-refractivity contribution in [3.63, 3.8) is 0 Å². The Kier molecular flexibility index (Phi) is 5.35. The van der Waals surface area contributed by atoms with E-state index in [2.05, 4.69) is 10.3 Å². The number of hydrogen-bond donors (Lipinski definition) is 2. The molecule has 2 aromatic carbocycles. The van der Waals surface area contributed by atoms with Crippen molar-refractivity contribution >= 4 is 29.0 Å². The number of anilines is 1. The van der Waals surface area contributed by atoms with Crippen LogP contribution in [0.3, 0.4) is 0 Å². The number of thiocarbonyl (C=S) groups is 1. The molecule has 4 aromatic rings. The highest BCUT2D eigenvalue weighted by Gasteiger charge is 2.43. The van der Waals surface area contributed by atoms with Gasteiger partial charge in [0.2, 0.25) is 0 Å². The number of carbonyl (C=O) groups is 1. The van der Waals surface area contributed by atoms with Crippen molar-refractivity contribution in [2.75, 3.05) is 4.90 Å². The van der Waals surface area contributed by atoms with E-state index < -0.39 is 17.8 Å². The number of pyridine rings is 1. The molecule has 6 nitrogen and oxygen atoms in total. The van der Waals surface area contributed by atoms with Gasteiger partial charge in [0, 0.05) is 11.8 Å². The van der Waals surface area contributed by atoms with E-state index in [4.69, 9.17) is 21.7 Å². The molecule has 1 fully saturated rings. The summed E-state index contributed by atoms with van der Waals surface area (Å²) in [5, 5.41) is 12.8. The van der Waals surface area contributed by atoms with Gasteiger partial charge >= 0.3 is 5.97 Å². The van der Waals surface area contributed by atoms with E-state index in [1.54, 1.807) is 41.4 Å². The van der Waals surface area contributed by atoms with Crippen LogP contribution in [0, 0.1) is 5.82 Å². The van der Waals surface area contributed by atoms with Crippen LogP contribution in [0.2, 0.25) is 0 Å². The van der Waals surface area contributed by atoms with E-state index in [1.807, 2.05) is 30.3 Å². The second-order valence-corrected chi connectivity index (χ2v) is 7.92. The fourth-order valence-corrected chi connectivity index (χ4v) is 4.33. The Labute approximate surface area is 194 Å². The number of aromatic nitrogens is 1. The molecule has 8 heteroatoms. The summed E-state index contributed by atoms with van der Waals surface area (Å²) in [6.07, 6.45) is 1.69. The molecule has 2 N–H and O–H groups in total. The summed E-state index contributed by atoms with van der Waals surface area (Å²) in [5.74, 6) is -0.262. The normalized spacial score (nSPS) is 17.7. The number of carboxylic acid groups (broad SMARTS) is 1. The molecule has 1 saturated heterocycles. The Morgan fingerprint density at radius 3 is 2.48 bits per heavy atom. The molecule has 2 aromatic heterocycles. The van der Waals surface area contributed by atoms with Crippen molar-refractivity contribution in [1.82, 2.24) is 10.3 Å². The smallest absolute Gasteiger partial charge is 0.335 e.